The molecular formula is C21H19ClN2O3. The molecule has 0 saturated heterocycles. The maximum absolute atomic E-state index is 12.3. The summed E-state index contributed by atoms with van der Waals surface area (Å²) in [7, 11) is 0. The van der Waals surface area contributed by atoms with Crippen molar-refractivity contribution in [1.29, 1.82) is 0 Å². The first kappa shape index (κ1) is 17.6. The second-order valence-electron chi connectivity index (χ2n) is 6.77. The Morgan fingerprint density at radius 1 is 1.30 bits per heavy atom. The molecule has 27 heavy (non-hydrogen) atoms. The molecular weight excluding hydrogens is 364 g/mol. The summed E-state index contributed by atoms with van der Waals surface area (Å²) in [4.78, 5) is 12.3. The van der Waals surface area contributed by atoms with Crippen LogP contribution in [-0.2, 0) is 17.6 Å². The van der Waals surface area contributed by atoms with E-state index in [-0.39, 0.29) is 18.4 Å². The predicted molar refractivity (Wildman–Crippen MR) is 104 cm³/mol. The van der Waals surface area contributed by atoms with Gasteiger partial charge in [-0.15, -0.1) is 0 Å². The summed E-state index contributed by atoms with van der Waals surface area (Å²) < 4.78 is 11.2. The molecule has 0 bridgehead atoms. The van der Waals surface area contributed by atoms with Crippen molar-refractivity contribution in [3.05, 3.63) is 64.3 Å². The summed E-state index contributed by atoms with van der Waals surface area (Å²) in [6.07, 6.45) is 1.20. The molecule has 0 saturated carbocycles. The van der Waals surface area contributed by atoms with Gasteiger partial charge in [0, 0.05) is 28.8 Å². The van der Waals surface area contributed by atoms with Crippen molar-refractivity contribution in [2.24, 2.45) is 0 Å². The van der Waals surface area contributed by atoms with Crippen LogP contribution in [0.1, 0.15) is 23.7 Å². The number of ether oxygens (including phenoxy) is 1. The summed E-state index contributed by atoms with van der Waals surface area (Å²) in [6, 6.07) is 13.2. The zero-order chi connectivity index (χ0) is 19.0. The van der Waals surface area contributed by atoms with Gasteiger partial charge in [-0.2, -0.15) is 0 Å². The van der Waals surface area contributed by atoms with Crippen LogP contribution < -0.4 is 10.1 Å². The monoisotopic (exact) mass is 382 g/mol. The lowest BCUT2D eigenvalue weighted by molar-refractivity contribution is -0.115. The Bertz CT molecular complexity index is 1010. The zero-order valence-electron chi connectivity index (χ0n) is 15.1. The van der Waals surface area contributed by atoms with E-state index >= 15 is 0 Å². The standard InChI is InChI=1S/C21H19ClN2O3/c1-12-8-15-9-14(6-7-19(15)26-12)20-10-16(24-27-20)11-21(25)23-18-5-3-4-17(22)13(18)2/h3-7,9-10,12H,8,11H2,1-2H3,(H,23,25). The molecule has 0 radical (unpaired) electrons. The molecule has 0 fully saturated rings. The Labute approximate surface area is 162 Å². The molecule has 1 aliphatic rings. The molecule has 2 heterocycles. The third-order valence-corrected chi connectivity index (χ3v) is 5.03. The van der Waals surface area contributed by atoms with E-state index in [2.05, 4.69) is 16.5 Å². The highest BCUT2D eigenvalue weighted by atomic mass is 35.5. The summed E-state index contributed by atoms with van der Waals surface area (Å²) in [5, 5.41) is 7.51. The number of aromatic nitrogens is 1. The first-order chi connectivity index (χ1) is 13.0. The van der Waals surface area contributed by atoms with Crippen molar-refractivity contribution < 1.29 is 14.1 Å². The van der Waals surface area contributed by atoms with Crippen LogP contribution in [0.3, 0.4) is 0 Å². The van der Waals surface area contributed by atoms with Crippen LogP contribution in [0.2, 0.25) is 5.02 Å². The fraction of sp³-hybridized carbons (Fsp3) is 0.238. The number of halogens is 1. The van der Waals surface area contributed by atoms with Gasteiger partial charge in [0.15, 0.2) is 5.76 Å². The van der Waals surface area contributed by atoms with Crippen LogP contribution in [0.15, 0.2) is 47.0 Å². The van der Waals surface area contributed by atoms with Crippen molar-refractivity contribution in [1.82, 2.24) is 5.16 Å². The fourth-order valence-corrected chi connectivity index (χ4v) is 3.38. The van der Waals surface area contributed by atoms with Gasteiger partial charge in [0.25, 0.3) is 0 Å². The number of nitrogens with one attached hydrogen (secondary N) is 1. The lowest BCUT2D eigenvalue weighted by Gasteiger charge is -2.08. The minimum Gasteiger partial charge on any atom is -0.490 e. The SMILES string of the molecule is Cc1c(Cl)cccc1NC(=O)Cc1cc(-c2ccc3c(c2)CC(C)O3)on1. The number of carbonyl (C=O) groups excluding carboxylic acids is 1. The van der Waals surface area contributed by atoms with Gasteiger partial charge in [0.05, 0.1) is 12.1 Å². The molecule has 1 unspecified atom stereocenters. The Hall–Kier alpha value is -2.79. The lowest BCUT2D eigenvalue weighted by Crippen LogP contribution is -2.15. The Balaban J connectivity index is 1.46. The number of rotatable bonds is 4. The molecule has 1 atom stereocenters. The van der Waals surface area contributed by atoms with Crippen LogP contribution in [-0.4, -0.2) is 17.2 Å². The maximum atomic E-state index is 12.3. The first-order valence-electron chi connectivity index (χ1n) is 8.80. The third-order valence-electron chi connectivity index (χ3n) is 4.62. The van der Waals surface area contributed by atoms with Crippen LogP contribution in [0, 0.1) is 6.92 Å². The van der Waals surface area contributed by atoms with Crippen LogP contribution >= 0.6 is 11.6 Å². The summed E-state index contributed by atoms with van der Waals surface area (Å²) in [6.45, 7) is 3.91. The highest BCUT2D eigenvalue weighted by Gasteiger charge is 2.20. The van der Waals surface area contributed by atoms with E-state index in [1.807, 2.05) is 32.0 Å². The largest absolute Gasteiger partial charge is 0.490 e. The number of amides is 1. The molecule has 4 rings (SSSR count). The predicted octanol–water partition coefficient (Wildman–Crippen LogP) is 4.81. The minimum atomic E-state index is -0.170. The van der Waals surface area contributed by atoms with E-state index in [0.29, 0.717) is 22.2 Å². The average molecular weight is 383 g/mol. The minimum absolute atomic E-state index is 0.126. The number of benzene rings is 2. The fourth-order valence-electron chi connectivity index (χ4n) is 3.21. The zero-order valence-corrected chi connectivity index (χ0v) is 15.8. The second kappa shape index (κ2) is 7.08. The molecule has 138 valence electrons. The van der Waals surface area contributed by atoms with Gasteiger partial charge in [-0.3, -0.25) is 4.79 Å². The number of hydrogen-bond donors (Lipinski definition) is 1. The molecule has 1 amide bonds. The number of fused-ring (bicyclic) bond motifs is 1. The van der Waals surface area contributed by atoms with Crippen molar-refractivity contribution in [2.45, 2.75) is 32.8 Å². The number of hydrogen-bond acceptors (Lipinski definition) is 4. The quantitative estimate of drug-likeness (QED) is 0.703. The maximum Gasteiger partial charge on any atom is 0.230 e. The van der Waals surface area contributed by atoms with Gasteiger partial charge < -0.3 is 14.6 Å². The molecule has 3 aromatic rings. The van der Waals surface area contributed by atoms with E-state index < -0.39 is 0 Å². The van der Waals surface area contributed by atoms with Gasteiger partial charge in [0.1, 0.15) is 11.9 Å². The third kappa shape index (κ3) is 3.69. The van der Waals surface area contributed by atoms with Gasteiger partial charge in [-0.05, 0) is 55.3 Å². The van der Waals surface area contributed by atoms with Crippen molar-refractivity contribution in [3.63, 3.8) is 0 Å². The van der Waals surface area contributed by atoms with Gasteiger partial charge in [-0.25, -0.2) is 0 Å². The van der Waals surface area contributed by atoms with Crippen LogP contribution in [0.25, 0.3) is 11.3 Å². The molecule has 5 nitrogen and oxygen atoms in total. The average Bonchev–Trinajstić information content (AvgIpc) is 3.23. The van der Waals surface area contributed by atoms with Crippen LogP contribution in [0.5, 0.6) is 5.75 Å². The molecule has 2 aromatic carbocycles. The van der Waals surface area contributed by atoms with Crippen LogP contribution in [0.4, 0.5) is 5.69 Å². The van der Waals surface area contributed by atoms with E-state index in [9.17, 15) is 4.79 Å². The summed E-state index contributed by atoms with van der Waals surface area (Å²) >= 11 is 6.09. The normalized spacial score (nSPS) is 15.3. The van der Waals surface area contributed by atoms with E-state index in [4.69, 9.17) is 20.9 Å². The second-order valence-corrected chi connectivity index (χ2v) is 7.18. The topological polar surface area (TPSA) is 64.4 Å². The number of anilines is 1. The first-order valence-corrected chi connectivity index (χ1v) is 9.18. The molecule has 1 aromatic heterocycles. The molecule has 0 aliphatic carbocycles. The van der Waals surface area contributed by atoms with Crippen molar-refractivity contribution in [2.75, 3.05) is 5.32 Å². The van der Waals surface area contributed by atoms with Crippen molar-refractivity contribution in [3.8, 4) is 17.1 Å². The highest BCUT2D eigenvalue weighted by Crippen LogP contribution is 2.33. The smallest absolute Gasteiger partial charge is 0.230 e. The number of nitrogens with zero attached hydrogens (tertiary/aromatic N) is 1. The summed E-state index contributed by atoms with van der Waals surface area (Å²) in [5.41, 5.74) is 4.20. The van der Waals surface area contributed by atoms with Gasteiger partial charge in [-0.1, -0.05) is 22.8 Å². The van der Waals surface area contributed by atoms with E-state index in [1.54, 1.807) is 18.2 Å². The molecule has 0 spiro atoms. The Kier molecular flexibility index (Phi) is 4.62. The molecule has 1 N–H and O–H groups in total. The lowest BCUT2D eigenvalue weighted by atomic mass is 10.1. The Morgan fingerprint density at radius 2 is 2.15 bits per heavy atom. The van der Waals surface area contributed by atoms with E-state index in [0.717, 1.165) is 28.9 Å². The molecule has 6 heteroatoms. The molecule has 1 aliphatic heterocycles. The number of carbonyl (C=O) groups is 1. The summed E-state index contributed by atoms with van der Waals surface area (Å²) in [5.74, 6) is 1.39. The van der Waals surface area contributed by atoms with Gasteiger partial charge in [0.2, 0.25) is 5.91 Å². The Morgan fingerprint density at radius 3 is 3.00 bits per heavy atom. The van der Waals surface area contributed by atoms with E-state index in [1.165, 1.54) is 0 Å². The van der Waals surface area contributed by atoms with Crippen molar-refractivity contribution >= 4 is 23.2 Å². The van der Waals surface area contributed by atoms with Gasteiger partial charge >= 0.3 is 0 Å². The highest BCUT2D eigenvalue weighted by molar-refractivity contribution is 6.31.